The Kier molecular flexibility index (Phi) is 2.05. The van der Waals surface area contributed by atoms with Crippen LogP contribution in [0.1, 0.15) is 12.0 Å². The third-order valence-corrected chi connectivity index (χ3v) is 3.75. The lowest BCUT2D eigenvalue weighted by Gasteiger charge is -2.16. The van der Waals surface area contributed by atoms with Crippen molar-refractivity contribution in [3.8, 4) is 0 Å². The summed E-state index contributed by atoms with van der Waals surface area (Å²) >= 11 is 0. The third-order valence-electron chi connectivity index (χ3n) is 3.75. The number of hydrogen-bond donors (Lipinski definition) is 1. The van der Waals surface area contributed by atoms with Gasteiger partial charge in [-0.3, -0.25) is 0 Å². The van der Waals surface area contributed by atoms with Crippen LogP contribution in [0.3, 0.4) is 0 Å². The molecule has 1 aliphatic carbocycles. The van der Waals surface area contributed by atoms with Gasteiger partial charge in [0.2, 0.25) is 0 Å². The molecule has 0 heterocycles. The molecule has 17 heavy (non-hydrogen) atoms. The van der Waals surface area contributed by atoms with Crippen LogP contribution in [0.15, 0.2) is 42.5 Å². The van der Waals surface area contributed by atoms with Crippen LogP contribution in [0, 0.1) is 0 Å². The summed E-state index contributed by atoms with van der Waals surface area (Å²) in [5, 5.41) is 1.87. The van der Waals surface area contributed by atoms with Crippen LogP contribution in [0.4, 0.5) is 8.78 Å². The second kappa shape index (κ2) is 3.26. The lowest BCUT2D eigenvalue weighted by atomic mass is 9.90. The summed E-state index contributed by atoms with van der Waals surface area (Å²) in [6.45, 7) is -0.00594. The minimum absolute atomic E-state index is 0.00594. The summed E-state index contributed by atoms with van der Waals surface area (Å²) in [5.74, 6) is -2.66. The van der Waals surface area contributed by atoms with Crippen molar-refractivity contribution < 1.29 is 8.78 Å². The zero-order valence-electron chi connectivity index (χ0n) is 9.29. The van der Waals surface area contributed by atoms with Crippen molar-refractivity contribution in [3.63, 3.8) is 0 Å². The number of benzene rings is 2. The first-order chi connectivity index (χ1) is 8.11. The molecule has 1 aliphatic rings. The van der Waals surface area contributed by atoms with Gasteiger partial charge in [-0.2, -0.15) is 0 Å². The van der Waals surface area contributed by atoms with E-state index in [2.05, 4.69) is 0 Å². The highest BCUT2D eigenvalue weighted by Gasteiger charge is 2.71. The Morgan fingerprint density at radius 3 is 2.35 bits per heavy atom. The molecule has 0 aromatic heterocycles. The van der Waals surface area contributed by atoms with E-state index in [1.54, 1.807) is 6.07 Å². The summed E-state index contributed by atoms with van der Waals surface area (Å²) in [7, 11) is 0. The predicted octanol–water partition coefficient (Wildman–Crippen LogP) is 3.08. The monoisotopic (exact) mass is 233 g/mol. The lowest BCUT2D eigenvalue weighted by Crippen LogP contribution is -2.27. The van der Waals surface area contributed by atoms with Gasteiger partial charge in [0.25, 0.3) is 5.92 Å². The molecule has 0 aliphatic heterocycles. The van der Waals surface area contributed by atoms with Crippen LogP contribution < -0.4 is 5.73 Å². The number of halogens is 2. The third kappa shape index (κ3) is 1.32. The van der Waals surface area contributed by atoms with E-state index in [0.29, 0.717) is 5.56 Å². The van der Waals surface area contributed by atoms with Crippen molar-refractivity contribution in [1.29, 1.82) is 0 Å². The Hall–Kier alpha value is -1.48. The molecule has 2 aromatic carbocycles. The van der Waals surface area contributed by atoms with Crippen LogP contribution in [-0.2, 0) is 5.41 Å². The standard InChI is InChI=1S/C14H13F2N/c15-14(16)8-13(14,9-17)12-7-3-5-10-4-1-2-6-11(10)12/h1-7H,8-9,17H2. The number of fused-ring (bicyclic) bond motifs is 1. The van der Waals surface area contributed by atoms with Crippen molar-refractivity contribution in [2.75, 3.05) is 6.54 Å². The average Bonchev–Trinajstić information content (AvgIpc) is 2.92. The van der Waals surface area contributed by atoms with Gasteiger partial charge >= 0.3 is 0 Å². The maximum atomic E-state index is 13.6. The first-order valence-electron chi connectivity index (χ1n) is 5.67. The molecule has 0 bridgehead atoms. The van der Waals surface area contributed by atoms with Crippen molar-refractivity contribution in [2.45, 2.75) is 17.8 Å². The highest BCUT2D eigenvalue weighted by atomic mass is 19.3. The van der Waals surface area contributed by atoms with Crippen molar-refractivity contribution in [1.82, 2.24) is 0 Å². The molecule has 0 spiro atoms. The molecule has 1 saturated carbocycles. The Morgan fingerprint density at radius 2 is 1.71 bits per heavy atom. The summed E-state index contributed by atoms with van der Waals surface area (Å²) in [6.07, 6.45) is -0.134. The van der Waals surface area contributed by atoms with Gasteiger partial charge in [0.05, 0.1) is 5.41 Å². The van der Waals surface area contributed by atoms with Gasteiger partial charge in [-0.15, -0.1) is 0 Å². The maximum absolute atomic E-state index is 13.6. The molecule has 0 radical (unpaired) electrons. The Bertz CT molecular complexity index is 574. The number of rotatable bonds is 2. The van der Waals surface area contributed by atoms with E-state index in [-0.39, 0.29) is 13.0 Å². The summed E-state index contributed by atoms with van der Waals surface area (Å²) in [5.41, 5.74) is 5.13. The Labute approximate surface area is 98.2 Å². The van der Waals surface area contributed by atoms with Crippen LogP contribution in [0.2, 0.25) is 0 Å². The maximum Gasteiger partial charge on any atom is 0.260 e. The van der Waals surface area contributed by atoms with Crippen LogP contribution >= 0.6 is 0 Å². The first-order valence-corrected chi connectivity index (χ1v) is 5.67. The molecule has 0 amide bonds. The van der Waals surface area contributed by atoms with Gasteiger partial charge in [0, 0.05) is 13.0 Å². The zero-order chi connectivity index (χ0) is 12.1. The largest absolute Gasteiger partial charge is 0.329 e. The Balaban J connectivity index is 2.25. The van der Waals surface area contributed by atoms with E-state index in [0.717, 1.165) is 10.8 Å². The van der Waals surface area contributed by atoms with E-state index < -0.39 is 11.3 Å². The molecule has 2 N–H and O–H groups in total. The van der Waals surface area contributed by atoms with Crippen molar-refractivity contribution in [3.05, 3.63) is 48.0 Å². The Morgan fingerprint density at radius 1 is 1.06 bits per heavy atom. The van der Waals surface area contributed by atoms with E-state index in [1.807, 2.05) is 36.4 Å². The van der Waals surface area contributed by atoms with E-state index in [4.69, 9.17) is 5.73 Å². The van der Waals surface area contributed by atoms with Gasteiger partial charge in [0.1, 0.15) is 0 Å². The number of alkyl halides is 2. The lowest BCUT2D eigenvalue weighted by molar-refractivity contribution is 0.0899. The fraction of sp³-hybridized carbons (Fsp3) is 0.286. The average molecular weight is 233 g/mol. The van der Waals surface area contributed by atoms with Gasteiger partial charge in [-0.05, 0) is 16.3 Å². The second-order valence-corrected chi connectivity index (χ2v) is 4.69. The minimum Gasteiger partial charge on any atom is -0.329 e. The van der Waals surface area contributed by atoms with Gasteiger partial charge in [-0.25, -0.2) is 8.78 Å². The molecular weight excluding hydrogens is 220 g/mol. The number of nitrogens with two attached hydrogens (primary N) is 1. The fourth-order valence-corrected chi connectivity index (χ4v) is 2.60. The first kappa shape index (κ1) is 10.7. The molecule has 2 aromatic rings. The quantitative estimate of drug-likeness (QED) is 0.847. The topological polar surface area (TPSA) is 26.0 Å². The molecule has 1 fully saturated rings. The van der Waals surface area contributed by atoms with Gasteiger partial charge in [0.15, 0.2) is 0 Å². The van der Waals surface area contributed by atoms with Crippen LogP contribution in [-0.4, -0.2) is 12.5 Å². The molecular formula is C14H13F2N. The minimum atomic E-state index is -2.66. The van der Waals surface area contributed by atoms with Crippen molar-refractivity contribution >= 4 is 10.8 Å². The highest BCUT2D eigenvalue weighted by molar-refractivity contribution is 5.87. The highest BCUT2D eigenvalue weighted by Crippen LogP contribution is 2.61. The van der Waals surface area contributed by atoms with Crippen LogP contribution in [0.5, 0.6) is 0 Å². The molecule has 1 nitrogen and oxygen atoms in total. The van der Waals surface area contributed by atoms with Crippen LogP contribution in [0.25, 0.3) is 10.8 Å². The molecule has 1 atom stereocenters. The van der Waals surface area contributed by atoms with Crippen molar-refractivity contribution in [2.24, 2.45) is 5.73 Å². The zero-order valence-corrected chi connectivity index (χ0v) is 9.29. The van der Waals surface area contributed by atoms with E-state index >= 15 is 0 Å². The van der Waals surface area contributed by atoms with E-state index in [9.17, 15) is 8.78 Å². The molecule has 3 rings (SSSR count). The SMILES string of the molecule is NCC1(c2cccc3ccccc23)CC1(F)F. The van der Waals surface area contributed by atoms with Gasteiger partial charge in [-0.1, -0.05) is 42.5 Å². The summed E-state index contributed by atoms with van der Waals surface area (Å²) in [4.78, 5) is 0. The summed E-state index contributed by atoms with van der Waals surface area (Å²) < 4.78 is 27.2. The second-order valence-electron chi connectivity index (χ2n) is 4.69. The predicted molar refractivity (Wildman–Crippen MR) is 64.2 cm³/mol. The number of hydrogen-bond acceptors (Lipinski definition) is 1. The molecule has 88 valence electrons. The smallest absolute Gasteiger partial charge is 0.260 e. The molecule has 1 unspecified atom stereocenters. The normalized spacial score (nSPS) is 26.1. The summed E-state index contributed by atoms with van der Waals surface area (Å²) in [6, 6.07) is 13.1. The molecule has 3 heteroatoms. The van der Waals surface area contributed by atoms with Gasteiger partial charge < -0.3 is 5.73 Å². The van der Waals surface area contributed by atoms with E-state index in [1.165, 1.54) is 0 Å². The molecule has 0 saturated heterocycles. The fourth-order valence-electron chi connectivity index (χ4n) is 2.60.